The van der Waals surface area contributed by atoms with Gasteiger partial charge in [-0.15, -0.1) is 23.1 Å². The number of halogens is 1. The van der Waals surface area contributed by atoms with E-state index < -0.39 is 6.10 Å². The molecule has 21 heavy (non-hydrogen) atoms. The van der Waals surface area contributed by atoms with Crippen LogP contribution < -0.4 is 0 Å². The molecular weight excluding hydrogens is 305 g/mol. The summed E-state index contributed by atoms with van der Waals surface area (Å²) in [5.41, 5.74) is 1.10. The first-order chi connectivity index (χ1) is 9.84. The Bertz CT molecular complexity index is 592. The standard InChI is InChI=1S/C16H20FNOS2/c1-16(2,3)14-10-21-15(18-14)8-12(19)9-20-13-6-4-5-11(17)7-13/h4-7,10,12,19H,8-9H2,1-3H3. The highest BCUT2D eigenvalue weighted by atomic mass is 32.2. The fraction of sp³-hybridized carbons (Fsp3) is 0.438. The third kappa shape index (κ3) is 5.09. The molecule has 1 atom stereocenters. The number of aliphatic hydroxyl groups is 1. The molecule has 0 aliphatic carbocycles. The maximum atomic E-state index is 13.1. The number of benzene rings is 1. The summed E-state index contributed by atoms with van der Waals surface area (Å²) in [6.45, 7) is 6.38. The quantitative estimate of drug-likeness (QED) is 0.833. The maximum Gasteiger partial charge on any atom is 0.124 e. The van der Waals surface area contributed by atoms with E-state index in [9.17, 15) is 9.50 Å². The van der Waals surface area contributed by atoms with Crippen LogP contribution >= 0.6 is 23.1 Å². The molecule has 5 heteroatoms. The molecule has 0 bridgehead atoms. The van der Waals surface area contributed by atoms with E-state index in [-0.39, 0.29) is 11.2 Å². The van der Waals surface area contributed by atoms with E-state index in [1.165, 1.54) is 23.9 Å². The number of thiazole rings is 1. The molecule has 0 aliphatic rings. The molecule has 0 saturated carbocycles. The SMILES string of the molecule is CC(C)(C)c1csc(CC(O)CSc2cccc(F)c2)n1. The maximum absolute atomic E-state index is 13.1. The van der Waals surface area contributed by atoms with Gasteiger partial charge in [-0.25, -0.2) is 9.37 Å². The van der Waals surface area contributed by atoms with E-state index in [1.54, 1.807) is 17.4 Å². The van der Waals surface area contributed by atoms with Crippen LogP contribution in [0.2, 0.25) is 0 Å². The molecule has 1 aromatic carbocycles. The van der Waals surface area contributed by atoms with Crippen LogP contribution in [0.1, 0.15) is 31.5 Å². The van der Waals surface area contributed by atoms with Crippen molar-refractivity contribution >= 4 is 23.1 Å². The molecule has 0 saturated heterocycles. The zero-order valence-corrected chi connectivity index (χ0v) is 14.1. The minimum Gasteiger partial charge on any atom is -0.392 e. The Labute approximate surface area is 133 Å². The van der Waals surface area contributed by atoms with Crippen LogP contribution in [0, 0.1) is 5.82 Å². The average molecular weight is 325 g/mol. The van der Waals surface area contributed by atoms with Crippen molar-refractivity contribution in [1.82, 2.24) is 4.98 Å². The average Bonchev–Trinajstić information content (AvgIpc) is 2.85. The topological polar surface area (TPSA) is 33.1 Å². The van der Waals surface area contributed by atoms with Crippen molar-refractivity contribution in [2.45, 2.75) is 43.6 Å². The molecule has 114 valence electrons. The van der Waals surface area contributed by atoms with Crippen LogP contribution in [0.15, 0.2) is 34.5 Å². The van der Waals surface area contributed by atoms with Crippen molar-refractivity contribution in [2.75, 3.05) is 5.75 Å². The fourth-order valence-electron chi connectivity index (χ4n) is 1.76. The Hall–Kier alpha value is -0.910. The first kappa shape index (κ1) is 16.5. The minimum absolute atomic E-state index is 0.0377. The number of thioether (sulfide) groups is 1. The largest absolute Gasteiger partial charge is 0.392 e. The molecule has 1 unspecified atom stereocenters. The molecule has 1 N–H and O–H groups in total. The van der Waals surface area contributed by atoms with Crippen LogP contribution in [-0.4, -0.2) is 21.9 Å². The highest BCUT2D eigenvalue weighted by molar-refractivity contribution is 7.99. The smallest absolute Gasteiger partial charge is 0.124 e. The summed E-state index contributed by atoms with van der Waals surface area (Å²) in [6.07, 6.45) is 0.0699. The summed E-state index contributed by atoms with van der Waals surface area (Å²) in [5, 5.41) is 13.1. The lowest BCUT2D eigenvalue weighted by Gasteiger charge is -2.14. The zero-order chi connectivity index (χ0) is 15.5. The summed E-state index contributed by atoms with van der Waals surface area (Å²) in [6, 6.07) is 6.44. The van der Waals surface area contributed by atoms with E-state index in [2.05, 4.69) is 31.1 Å². The Morgan fingerprint density at radius 3 is 2.76 bits per heavy atom. The molecule has 1 aromatic heterocycles. The second kappa shape index (κ2) is 6.90. The molecule has 0 aliphatic heterocycles. The van der Waals surface area contributed by atoms with Crippen molar-refractivity contribution in [2.24, 2.45) is 0 Å². The number of rotatable bonds is 5. The van der Waals surface area contributed by atoms with Gasteiger partial charge in [-0.1, -0.05) is 26.8 Å². The van der Waals surface area contributed by atoms with Gasteiger partial charge < -0.3 is 5.11 Å². The van der Waals surface area contributed by atoms with Crippen molar-refractivity contribution in [1.29, 1.82) is 0 Å². The third-order valence-electron chi connectivity index (χ3n) is 2.97. The molecule has 0 spiro atoms. The molecule has 2 rings (SSSR count). The molecule has 2 nitrogen and oxygen atoms in total. The second-order valence-corrected chi connectivity index (χ2v) is 8.04. The fourth-order valence-corrected chi connectivity index (χ4v) is 3.73. The zero-order valence-electron chi connectivity index (χ0n) is 12.5. The second-order valence-electron chi connectivity index (χ2n) is 6.00. The number of aromatic nitrogens is 1. The van der Waals surface area contributed by atoms with Gasteiger partial charge in [-0.3, -0.25) is 0 Å². The van der Waals surface area contributed by atoms with Crippen molar-refractivity contribution < 1.29 is 9.50 Å². The molecular formula is C16H20FNOS2. The summed E-state index contributed by atoms with van der Waals surface area (Å²) in [4.78, 5) is 5.42. The van der Waals surface area contributed by atoms with Gasteiger partial charge in [-0.05, 0) is 18.2 Å². The molecule has 1 heterocycles. The normalized spacial score (nSPS) is 13.4. The lowest BCUT2D eigenvalue weighted by Crippen LogP contribution is -2.15. The number of aliphatic hydroxyl groups excluding tert-OH is 1. The first-order valence-corrected chi connectivity index (χ1v) is 8.72. The number of hydrogen-bond donors (Lipinski definition) is 1. The monoisotopic (exact) mass is 325 g/mol. The van der Waals surface area contributed by atoms with Crippen LogP contribution in [0.3, 0.4) is 0 Å². The Morgan fingerprint density at radius 1 is 1.38 bits per heavy atom. The van der Waals surface area contributed by atoms with Gasteiger partial charge in [0.15, 0.2) is 0 Å². The van der Waals surface area contributed by atoms with Gasteiger partial charge >= 0.3 is 0 Å². The van der Waals surface area contributed by atoms with Crippen molar-refractivity contribution in [3.05, 3.63) is 46.2 Å². The lowest BCUT2D eigenvalue weighted by atomic mass is 9.93. The molecule has 0 radical (unpaired) electrons. The van der Waals surface area contributed by atoms with E-state index in [1.807, 2.05) is 6.07 Å². The van der Waals surface area contributed by atoms with E-state index >= 15 is 0 Å². The van der Waals surface area contributed by atoms with E-state index in [4.69, 9.17) is 0 Å². The molecule has 0 fully saturated rings. The minimum atomic E-state index is -0.475. The lowest BCUT2D eigenvalue weighted by molar-refractivity contribution is 0.200. The van der Waals surface area contributed by atoms with E-state index in [0.717, 1.165) is 15.6 Å². The Balaban J connectivity index is 1.87. The van der Waals surface area contributed by atoms with Crippen LogP contribution in [-0.2, 0) is 11.8 Å². The highest BCUT2D eigenvalue weighted by Gasteiger charge is 2.18. The van der Waals surface area contributed by atoms with Gasteiger partial charge in [-0.2, -0.15) is 0 Å². The van der Waals surface area contributed by atoms with Crippen LogP contribution in [0.5, 0.6) is 0 Å². The van der Waals surface area contributed by atoms with Gasteiger partial charge in [0.2, 0.25) is 0 Å². The highest BCUT2D eigenvalue weighted by Crippen LogP contribution is 2.25. The molecule has 2 aromatic rings. The third-order valence-corrected chi connectivity index (χ3v) is 4.98. The van der Waals surface area contributed by atoms with Gasteiger partial charge in [0.05, 0.1) is 16.8 Å². The number of nitrogens with zero attached hydrogens (tertiary/aromatic N) is 1. The summed E-state index contributed by atoms with van der Waals surface area (Å²) in [7, 11) is 0. The first-order valence-electron chi connectivity index (χ1n) is 6.86. The molecule has 0 amide bonds. The van der Waals surface area contributed by atoms with E-state index in [0.29, 0.717) is 12.2 Å². The van der Waals surface area contributed by atoms with Gasteiger partial charge in [0.1, 0.15) is 5.82 Å². The Kier molecular flexibility index (Phi) is 5.41. The van der Waals surface area contributed by atoms with Crippen molar-refractivity contribution in [3.8, 4) is 0 Å². The predicted molar refractivity (Wildman–Crippen MR) is 87.6 cm³/mol. The van der Waals surface area contributed by atoms with Gasteiger partial charge in [0.25, 0.3) is 0 Å². The number of hydrogen-bond acceptors (Lipinski definition) is 4. The van der Waals surface area contributed by atoms with Crippen LogP contribution in [0.4, 0.5) is 4.39 Å². The van der Waals surface area contributed by atoms with Crippen LogP contribution in [0.25, 0.3) is 0 Å². The summed E-state index contributed by atoms with van der Waals surface area (Å²) in [5.74, 6) is 0.290. The Morgan fingerprint density at radius 2 is 2.14 bits per heavy atom. The van der Waals surface area contributed by atoms with Crippen molar-refractivity contribution in [3.63, 3.8) is 0 Å². The summed E-state index contributed by atoms with van der Waals surface area (Å²) >= 11 is 3.05. The summed E-state index contributed by atoms with van der Waals surface area (Å²) < 4.78 is 13.1. The predicted octanol–water partition coefficient (Wildman–Crippen LogP) is 4.28. The van der Waals surface area contributed by atoms with Gasteiger partial charge in [0, 0.05) is 27.9 Å².